The molecule has 1 amide bonds. The highest BCUT2D eigenvalue weighted by atomic mass is 19.1. The number of imidazole rings is 1. The summed E-state index contributed by atoms with van der Waals surface area (Å²) >= 11 is 0. The molecule has 4 rings (SSSR count). The molecule has 4 aromatic rings. The number of carbonyl (C=O) groups excluding carboxylic acids is 1. The quantitative estimate of drug-likeness (QED) is 0.328. The summed E-state index contributed by atoms with van der Waals surface area (Å²) in [5, 5.41) is 2.97. The summed E-state index contributed by atoms with van der Waals surface area (Å²) in [6, 6.07) is 20.1. The van der Waals surface area contributed by atoms with Crippen LogP contribution in [-0.4, -0.2) is 21.8 Å². The molecule has 1 unspecified atom stereocenters. The van der Waals surface area contributed by atoms with E-state index in [2.05, 4.69) is 17.2 Å². The molecular formula is C27H28FN3O2. The van der Waals surface area contributed by atoms with Gasteiger partial charge in [0.15, 0.2) is 11.4 Å². The number of aromatic nitrogens is 2. The highest BCUT2D eigenvalue weighted by Gasteiger charge is 2.23. The normalized spacial score (nSPS) is 11.9. The van der Waals surface area contributed by atoms with E-state index < -0.39 is 0 Å². The minimum absolute atomic E-state index is 0.0656. The number of nitrogens with zero attached hydrogens (tertiary/aromatic N) is 2. The monoisotopic (exact) mass is 445 g/mol. The van der Waals surface area contributed by atoms with Crippen molar-refractivity contribution >= 4 is 11.6 Å². The average molecular weight is 446 g/mol. The van der Waals surface area contributed by atoms with E-state index in [-0.39, 0.29) is 24.1 Å². The Balaban J connectivity index is 1.64. The maximum atomic E-state index is 14.1. The maximum Gasteiger partial charge on any atom is 0.221 e. The van der Waals surface area contributed by atoms with Crippen molar-refractivity contribution in [2.45, 2.75) is 38.7 Å². The predicted molar refractivity (Wildman–Crippen MR) is 127 cm³/mol. The zero-order valence-corrected chi connectivity index (χ0v) is 18.7. The molecule has 0 aliphatic carbocycles. The van der Waals surface area contributed by atoms with Gasteiger partial charge in [-0.3, -0.25) is 4.79 Å². The third-order valence-corrected chi connectivity index (χ3v) is 5.62. The topological polar surface area (TPSA) is 55.6 Å². The molecule has 0 saturated heterocycles. The van der Waals surface area contributed by atoms with E-state index in [1.807, 2.05) is 59.1 Å². The number of carbonyl (C=O) groups is 1. The predicted octanol–water partition coefficient (Wildman–Crippen LogP) is 5.49. The van der Waals surface area contributed by atoms with Gasteiger partial charge in [-0.25, -0.2) is 9.37 Å². The maximum absolute atomic E-state index is 14.1. The molecule has 0 saturated carbocycles. The molecular weight excluding hydrogens is 417 g/mol. The van der Waals surface area contributed by atoms with Crippen molar-refractivity contribution in [3.63, 3.8) is 0 Å². The lowest BCUT2D eigenvalue weighted by Gasteiger charge is -2.18. The van der Waals surface area contributed by atoms with Crippen molar-refractivity contribution in [2.75, 3.05) is 6.54 Å². The number of nitrogens with one attached hydrogen (secondary N) is 1. The smallest absolute Gasteiger partial charge is 0.221 e. The van der Waals surface area contributed by atoms with E-state index in [9.17, 15) is 9.18 Å². The summed E-state index contributed by atoms with van der Waals surface area (Å²) in [4.78, 5) is 17.3. The van der Waals surface area contributed by atoms with Gasteiger partial charge in [-0.15, -0.1) is 0 Å². The van der Waals surface area contributed by atoms with Gasteiger partial charge in [0, 0.05) is 31.3 Å². The van der Waals surface area contributed by atoms with Crippen molar-refractivity contribution in [3.8, 4) is 5.75 Å². The fourth-order valence-electron chi connectivity index (χ4n) is 3.89. The number of hydrogen-bond acceptors (Lipinski definition) is 3. The zero-order valence-electron chi connectivity index (χ0n) is 18.7. The van der Waals surface area contributed by atoms with Gasteiger partial charge in [0.05, 0.1) is 5.69 Å². The molecule has 5 nitrogen and oxygen atoms in total. The van der Waals surface area contributed by atoms with Crippen LogP contribution in [0.25, 0.3) is 5.65 Å². The zero-order chi connectivity index (χ0) is 23.0. The SMILES string of the molecule is CCCCNC(=O)CC(c1cccc(F)c1)c1cnc2c(OCc3ccccc3)cccn12. The Morgan fingerprint density at radius 2 is 1.97 bits per heavy atom. The van der Waals surface area contributed by atoms with E-state index in [1.165, 1.54) is 12.1 Å². The van der Waals surface area contributed by atoms with Gasteiger partial charge in [-0.1, -0.05) is 55.8 Å². The van der Waals surface area contributed by atoms with Crippen LogP contribution in [0.15, 0.2) is 79.1 Å². The largest absolute Gasteiger partial charge is 0.485 e. The molecule has 1 atom stereocenters. The Kier molecular flexibility index (Phi) is 7.35. The summed E-state index contributed by atoms with van der Waals surface area (Å²) < 4.78 is 22.0. The summed E-state index contributed by atoms with van der Waals surface area (Å²) in [7, 11) is 0. The van der Waals surface area contributed by atoms with E-state index in [0.717, 1.165) is 29.7 Å². The third-order valence-electron chi connectivity index (χ3n) is 5.62. The number of unbranched alkanes of at least 4 members (excludes halogenated alkanes) is 1. The van der Waals surface area contributed by atoms with Gasteiger partial charge in [-0.05, 0) is 41.8 Å². The van der Waals surface area contributed by atoms with Gasteiger partial charge in [0.2, 0.25) is 5.91 Å². The second kappa shape index (κ2) is 10.8. The van der Waals surface area contributed by atoms with Crippen molar-refractivity contribution < 1.29 is 13.9 Å². The first kappa shape index (κ1) is 22.5. The highest BCUT2D eigenvalue weighted by Crippen LogP contribution is 2.31. The van der Waals surface area contributed by atoms with Crippen LogP contribution in [0.5, 0.6) is 5.75 Å². The fraction of sp³-hybridized carbons (Fsp3) is 0.259. The highest BCUT2D eigenvalue weighted by molar-refractivity contribution is 5.77. The van der Waals surface area contributed by atoms with E-state index in [1.54, 1.807) is 12.3 Å². The Morgan fingerprint density at radius 1 is 1.12 bits per heavy atom. The van der Waals surface area contributed by atoms with Crippen molar-refractivity contribution in [3.05, 3.63) is 102 Å². The number of pyridine rings is 1. The molecule has 0 bridgehead atoms. The Morgan fingerprint density at radius 3 is 2.76 bits per heavy atom. The van der Waals surface area contributed by atoms with E-state index >= 15 is 0 Å². The van der Waals surface area contributed by atoms with Crippen LogP contribution in [0.2, 0.25) is 0 Å². The van der Waals surface area contributed by atoms with Crippen LogP contribution < -0.4 is 10.1 Å². The van der Waals surface area contributed by atoms with Crippen LogP contribution >= 0.6 is 0 Å². The lowest BCUT2D eigenvalue weighted by molar-refractivity contribution is -0.121. The van der Waals surface area contributed by atoms with Crippen LogP contribution in [-0.2, 0) is 11.4 Å². The van der Waals surface area contributed by atoms with Gasteiger partial charge in [0.1, 0.15) is 12.4 Å². The Hall–Kier alpha value is -3.67. The third kappa shape index (κ3) is 5.58. The molecule has 1 N–H and O–H groups in total. The Labute approximate surface area is 193 Å². The number of hydrogen-bond donors (Lipinski definition) is 1. The minimum atomic E-state index is -0.346. The summed E-state index contributed by atoms with van der Waals surface area (Å²) in [6.07, 6.45) is 5.78. The van der Waals surface area contributed by atoms with E-state index in [4.69, 9.17) is 4.74 Å². The van der Waals surface area contributed by atoms with Crippen molar-refractivity contribution in [2.24, 2.45) is 0 Å². The standard InChI is InChI=1S/C27H28FN3O2/c1-2-3-14-29-26(32)17-23(21-11-7-12-22(28)16-21)24-18-30-27-25(13-8-15-31(24)27)33-19-20-9-5-4-6-10-20/h4-13,15-16,18,23H,2-3,14,17,19H2,1H3,(H,29,32). The molecule has 170 valence electrons. The minimum Gasteiger partial charge on any atom is -0.485 e. The molecule has 6 heteroatoms. The van der Waals surface area contributed by atoms with Gasteiger partial charge in [0.25, 0.3) is 0 Å². The first-order chi connectivity index (χ1) is 16.2. The van der Waals surface area contributed by atoms with Crippen LogP contribution in [0.4, 0.5) is 4.39 Å². The molecule has 2 aromatic heterocycles. The number of benzene rings is 2. The molecule has 0 aliphatic heterocycles. The van der Waals surface area contributed by atoms with Gasteiger partial charge in [-0.2, -0.15) is 0 Å². The fourth-order valence-corrected chi connectivity index (χ4v) is 3.89. The number of amides is 1. The molecule has 0 fully saturated rings. The lowest BCUT2D eigenvalue weighted by Crippen LogP contribution is -2.26. The number of rotatable bonds is 10. The first-order valence-electron chi connectivity index (χ1n) is 11.3. The number of fused-ring (bicyclic) bond motifs is 1. The average Bonchev–Trinajstić information content (AvgIpc) is 3.26. The summed E-state index contributed by atoms with van der Waals surface area (Å²) in [6.45, 7) is 3.14. The second-order valence-corrected chi connectivity index (χ2v) is 8.04. The van der Waals surface area contributed by atoms with Crippen LogP contribution in [0.1, 0.15) is 48.9 Å². The molecule has 0 aliphatic rings. The first-order valence-corrected chi connectivity index (χ1v) is 11.3. The van der Waals surface area contributed by atoms with Gasteiger partial charge < -0.3 is 14.5 Å². The van der Waals surface area contributed by atoms with Crippen molar-refractivity contribution in [1.82, 2.24) is 14.7 Å². The Bertz CT molecular complexity index is 1210. The number of halogens is 1. The molecule has 33 heavy (non-hydrogen) atoms. The van der Waals surface area contributed by atoms with Crippen LogP contribution in [0, 0.1) is 5.82 Å². The molecule has 0 spiro atoms. The molecule has 2 heterocycles. The second-order valence-electron chi connectivity index (χ2n) is 8.04. The van der Waals surface area contributed by atoms with Crippen molar-refractivity contribution in [1.29, 1.82) is 0 Å². The number of ether oxygens (including phenoxy) is 1. The van der Waals surface area contributed by atoms with Crippen LogP contribution in [0.3, 0.4) is 0 Å². The lowest BCUT2D eigenvalue weighted by atomic mass is 9.92. The van der Waals surface area contributed by atoms with Gasteiger partial charge >= 0.3 is 0 Å². The van der Waals surface area contributed by atoms with E-state index in [0.29, 0.717) is 24.5 Å². The summed E-state index contributed by atoms with van der Waals surface area (Å²) in [5.41, 5.74) is 3.27. The molecule has 2 aromatic carbocycles. The molecule has 0 radical (unpaired) electrons. The summed E-state index contributed by atoms with van der Waals surface area (Å²) in [5.74, 6) is -0.0894.